The molecule has 0 atom stereocenters. The second-order valence-electron chi connectivity index (χ2n) is 3.97. The van der Waals surface area contributed by atoms with E-state index in [2.05, 4.69) is 23.4 Å². The summed E-state index contributed by atoms with van der Waals surface area (Å²) in [5, 5.41) is 0. The summed E-state index contributed by atoms with van der Waals surface area (Å²) >= 11 is 0. The van der Waals surface area contributed by atoms with E-state index in [-0.39, 0.29) is 5.91 Å². The highest BCUT2D eigenvalue weighted by Crippen LogP contribution is 2.08. The average molecular weight is 228 g/mol. The van der Waals surface area contributed by atoms with E-state index in [1.807, 2.05) is 4.90 Å². The van der Waals surface area contributed by atoms with Gasteiger partial charge in [0.15, 0.2) is 0 Å². The third-order valence-electron chi connectivity index (χ3n) is 2.67. The molecule has 1 fully saturated rings. The Labute approximate surface area is 96.5 Å². The lowest BCUT2D eigenvalue weighted by molar-refractivity contribution is -0.239. The molecule has 0 radical (unpaired) electrons. The van der Waals surface area contributed by atoms with Crippen LogP contribution < -0.4 is 0 Å². The van der Waals surface area contributed by atoms with Crippen LogP contribution in [-0.2, 0) is 14.6 Å². The normalized spacial score (nSPS) is 17.2. The van der Waals surface area contributed by atoms with E-state index < -0.39 is 0 Å². The number of nitrogens with zero attached hydrogens (tertiary/aromatic N) is 2. The largest absolute Gasteiger partial charge is 0.343 e. The highest BCUT2D eigenvalue weighted by atomic mass is 17.2. The number of rotatable bonds is 5. The van der Waals surface area contributed by atoms with Gasteiger partial charge in [0.1, 0.15) is 5.76 Å². The molecule has 1 amide bonds. The van der Waals surface area contributed by atoms with Crippen LogP contribution in [-0.4, -0.2) is 56.0 Å². The van der Waals surface area contributed by atoms with Crippen molar-refractivity contribution in [2.24, 2.45) is 0 Å². The molecule has 1 heterocycles. The fraction of sp³-hybridized carbons (Fsp3) is 0.727. The zero-order chi connectivity index (χ0) is 12.0. The maximum Gasteiger partial charge on any atom is 0.223 e. The van der Waals surface area contributed by atoms with E-state index in [0.717, 1.165) is 26.2 Å². The van der Waals surface area contributed by atoms with Gasteiger partial charge in [-0.05, 0) is 7.05 Å². The Hall–Kier alpha value is -1.07. The molecular weight excluding hydrogens is 208 g/mol. The third kappa shape index (κ3) is 4.20. The molecule has 92 valence electrons. The van der Waals surface area contributed by atoms with Crippen LogP contribution in [0.4, 0.5) is 0 Å². The Morgan fingerprint density at radius 3 is 2.44 bits per heavy atom. The minimum Gasteiger partial charge on any atom is -0.343 e. The Morgan fingerprint density at radius 2 is 1.88 bits per heavy atom. The Kier molecular flexibility index (Phi) is 5.28. The lowest BCUT2D eigenvalue weighted by atomic mass is 10.2. The van der Waals surface area contributed by atoms with Crippen molar-refractivity contribution < 1.29 is 14.6 Å². The van der Waals surface area contributed by atoms with Gasteiger partial charge in [0.25, 0.3) is 0 Å². The number of carbonyl (C=O) groups is 1. The van der Waals surface area contributed by atoms with E-state index in [1.54, 1.807) is 0 Å². The second-order valence-corrected chi connectivity index (χ2v) is 3.97. The number of amides is 1. The molecule has 0 aromatic heterocycles. The van der Waals surface area contributed by atoms with Gasteiger partial charge in [-0.1, -0.05) is 6.58 Å². The van der Waals surface area contributed by atoms with Gasteiger partial charge in [-0.2, -0.15) is 4.89 Å². The van der Waals surface area contributed by atoms with Crippen LogP contribution in [0.15, 0.2) is 12.3 Å². The number of piperazine rings is 1. The highest BCUT2D eigenvalue weighted by molar-refractivity contribution is 5.76. The van der Waals surface area contributed by atoms with Crippen molar-refractivity contribution in [2.45, 2.75) is 12.8 Å². The van der Waals surface area contributed by atoms with E-state index in [0.29, 0.717) is 18.6 Å². The van der Waals surface area contributed by atoms with Crippen LogP contribution >= 0.6 is 0 Å². The molecule has 0 saturated carbocycles. The number of likely N-dealkylation sites (N-methyl/N-ethyl adjacent to an activating group) is 1. The van der Waals surface area contributed by atoms with Gasteiger partial charge < -0.3 is 14.7 Å². The third-order valence-corrected chi connectivity index (χ3v) is 2.67. The molecule has 1 rings (SSSR count). The molecule has 1 aliphatic heterocycles. The fourth-order valence-electron chi connectivity index (χ4n) is 1.62. The minimum atomic E-state index is 0.161. The lowest BCUT2D eigenvalue weighted by Crippen LogP contribution is -2.47. The summed E-state index contributed by atoms with van der Waals surface area (Å²) in [6.45, 7) is 7.16. The van der Waals surface area contributed by atoms with Crippen LogP contribution in [0.2, 0.25) is 0 Å². The van der Waals surface area contributed by atoms with Crippen molar-refractivity contribution >= 4 is 5.91 Å². The van der Waals surface area contributed by atoms with Crippen LogP contribution in [0, 0.1) is 0 Å². The summed E-state index contributed by atoms with van der Waals surface area (Å²) in [5.74, 6) is 0.652. The quantitative estimate of drug-likeness (QED) is 0.393. The van der Waals surface area contributed by atoms with Crippen molar-refractivity contribution in [2.75, 3.05) is 40.3 Å². The van der Waals surface area contributed by atoms with Crippen molar-refractivity contribution in [3.8, 4) is 0 Å². The van der Waals surface area contributed by atoms with Crippen molar-refractivity contribution in [1.82, 2.24) is 9.80 Å². The Balaban J connectivity index is 2.22. The zero-order valence-electron chi connectivity index (χ0n) is 10.1. The van der Waals surface area contributed by atoms with E-state index in [9.17, 15) is 4.79 Å². The smallest absolute Gasteiger partial charge is 0.223 e. The summed E-state index contributed by atoms with van der Waals surface area (Å²) in [7, 11) is 3.49. The number of allylic oxidation sites excluding steroid dienone is 1. The predicted octanol–water partition coefficient (Wildman–Crippen LogP) is 0.632. The SMILES string of the molecule is C=C(CCC(=O)N1CCN(C)CC1)OOC. The number of hydrogen-bond donors (Lipinski definition) is 0. The van der Waals surface area contributed by atoms with Gasteiger partial charge in [-0.25, -0.2) is 0 Å². The van der Waals surface area contributed by atoms with Gasteiger partial charge >= 0.3 is 0 Å². The van der Waals surface area contributed by atoms with Gasteiger partial charge in [0.2, 0.25) is 5.91 Å². The van der Waals surface area contributed by atoms with E-state index in [1.165, 1.54) is 7.11 Å². The molecule has 0 unspecified atom stereocenters. The van der Waals surface area contributed by atoms with E-state index >= 15 is 0 Å². The van der Waals surface area contributed by atoms with Crippen LogP contribution in [0.5, 0.6) is 0 Å². The first-order valence-electron chi connectivity index (χ1n) is 5.48. The topological polar surface area (TPSA) is 42.0 Å². The highest BCUT2D eigenvalue weighted by Gasteiger charge is 2.18. The average Bonchev–Trinajstić information content (AvgIpc) is 2.27. The Morgan fingerprint density at radius 1 is 1.25 bits per heavy atom. The summed E-state index contributed by atoms with van der Waals surface area (Å²) < 4.78 is 0. The van der Waals surface area contributed by atoms with Gasteiger partial charge in [0, 0.05) is 39.0 Å². The molecule has 1 saturated heterocycles. The maximum atomic E-state index is 11.8. The number of carbonyl (C=O) groups excluding carboxylic acids is 1. The molecule has 0 bridgehead atoms. The molecule has 16 heavy (non-hydrogen) atoms. The molecule has 0 aliphatic carbocycles. The molecule has 5 nitrogen and oxygen atoms in total. The maximum absolute atomic E-state index is 11.8. The molecule has 5 heteroatoms. The van der Waals surface area contributed by atoms with Crippen molar-refractivity contribution in [3.05, 3.63) is 12.3 Å². The van der Waals surface area contributed by atoms with Crippen LogP contribution in [0.3, 0.4) is 0 Å². The summed E-state index contributed by atoms with van der Waals surface area (Å²) in [4.78, 5) is 25.1. The van der Waals surface area contributed by atoms with Gasteiger partial charge in [0.05, 0.1) is 7.11 Å². The first-order valence-corrected chi connectivity index (χ1v) is 5.48. The van der Waals surface area contributed by atoms with Crippen LogP contribution in [0.25, 0.3) is 0 Å². The second kappa shape index (κ2) is 6.50. The summed E-state index contributed by atoms with van der Waals surface area (Å²) in [6.07, 6.45) is 0.949. The van der Waals surface area contributed by atoms with Crippen LogP contribution in [0.1, 0.15) is 12.8 Å². The molecule has 0 aromatic carbocycles. The number of hydrogen-bond acceptors (Lipinski definition) is 4. The molecule has 0 spiro atoms. The van der Waals surface area contributed by atoms with Crippen molar-refractivity contribution in [1.29, 1.82) is 0 Å². The monoisotopic (exact) mass is 228 g/mol. The molecule has 0 N–H and O–H groups in total. The first kappa shape index (κ1) is 13.0. The summed E-state index contributed by atoms with van der Waals surface area (Å²) in [5.41, 5.74) is 0. The summed E-state index contributed by atoms with van der Waals surface area (Å²) in [6, 6.07) is 0. The first-order chi connectivity index (χ1) is 7.63. The standard InChI is InChI=1S/C11H20N2O3/c1-10(16-15-3)4-5-11(14)13-8-6-12(2)7-9-13/h1,4-9H2,2-3H3. The molecule has 0 aromatic rings. The van der Waals surface area contributed by atoms with Gasteiger partial charge in [-0.15, -0.1) is 0 Å². The van der Waals surface area contributed by atoms with E-state index in [4.69, 9.17) is 4.89 Å². The zero-order valence-corrected chi connectivity index (χ0v) is 10.1. The van der Waals surface area contributed by atoms with Crippen molar-refractivity contribution in [3.63, 3.8) is 0 Å². The van der Waals surface area contributed by atoms with Gasteiger partial charge in [-0.3, -0.25) is 4.79 Å². The molecular formula is C11H20N2O3. The lowest BCUT2D eigenvalue weighted by Gasteiger charge is -2.32. The fourth-order valence-corrected chi connectivity index (χ4v) is 1.62. The predicted molar refractivity (Wildman–Crippen MR) is 60.5 cm³/mol. The Bertz CT molecular complexity index is 248. The molecule has 1 aliphatic rings. The minimum absolute atomic E-state index is 0.161.